The number of carbonyl (C=O) groups excluding carboxylic acids is 2. The molecule has 0 bridgehead atoms. The van der Waals surface area contributed by atoms with Crippen LogP contribution in [0.5, 0.6) is 0 Å². The Kier molecular flexibility index (Phi) is 19.8. The van der Waals surface area contributed by atoms with Crippen molar-refractivity contribution < 1.29 is 88.3 Å². The highest BCUT2D eigenvalue weighted by Gasteiger charge is 2.53. The van der Waals surface area contributed by atoms with E-state index in [0.717, 1.165) is 0 Å². The Morgan fingerprint density at radius 3 is 1.91 bits per heavy atom. The van der Waals surface area contributed by atoms with Crippen molar-refractivity contribution in [2.75, 3.05) is 21.2 Å². The summed E-state index contributed by atoms with van der Waals surface area (Å²) in [6.07, 6.45) is -9.71. The molecule has 20 heteroatoms. The Balaban J connectivity index is 0.00000254. The summed E-state index contributed by atoms with van der Waals surface area (Å²) in [5.74, 6) is -4.98. The molecule has 338 valence electrons. The molecule has 3 aliphatic rings. The minimum Gasteiger partial charge on any atom is -0.459 e. The van der Waals surface area contributed by atoms with Crippen LogP contribution in [0.1, 0.15) is 94.9 Å². The van der Waals surface area contributed by atoms with Crippen molar-refractivity contribution in [1.82, 2.24) is 4.90 Å². The Hall–Kier alpha value is -1.23. The maximum absolute atomic E-state index is 14.1. The van der Waals surface area contributed by atoms with E-state index in [2.05, 4.69) is 0 Å². The zero-order chi connectivity index (χ0) is 43.5. The van der Waals surface area contributed by atoms with Gasteiger partial charge in [-0.1, -0.05) is 27.7 Å². The first-order valence-corrected chi connectivity index (χ1v) is 20.8. The molecule has 57 heavy (non-hydrogen) atoms. The molecule has 3 saturated heterocycles. The molecule has 10 N–H and O–H groups in total. The van der Waals surface area contributed by atoms with E-state index in [1.165, 1.54) is 27.9 Å². The van der Waals surface area contributed by atoms with Crippen molar-refractivity contribution in [3.63, 3.8) is 0 Å². The summed E-state index contributed by atoms with van der Waals surface area (Å²) >= 11 is 0. The third kappa shape index (κ3) is 13.6. The van der Waals surface area contributed by atoms with Crippen molar-refractivity contribution in [3.8, 4) is 0 Å². The van der Waals surface area contributed by atoms with Gasteiger partial charge >= 0.3 is 13.8 Å². The molecule has 3 fully saturated rings. The highest BCUT2D eigenvalue weighted by molar-refractivity contribution is 7.45. The molecule has 0 saturated carbocycles. The highest BCUT2D eigenvalue weighted by atomic mass is 31.2. The lowest BCUT2D eigenvalue weighted by atomic mass is 9.74. The largest absolute Gasteiger partial charge is 0.466 e. The molecule has 0 amide bonds. The number of hydrogen-bond acceptors (Lipinski definition) is 15. The second-order valence-electron chi connectivity index (χ2n) is 17.0. The molecule has 3 rings (SSSR count). The lowest BCUT2D eigenvalue weighted by Gasteiger charge is -2.49. The average molecular weight is 850 g/mol. The predicted octanol–water partition coefficient (Wildman–Crippen LogP) is 0.0323. The molecule has 18 atom stereocenters. The average Bonchev–Trinajstić information content (AvgIpc) is 3.08. The summed E-state index contributed by atoms with van der Waals surface area (Å²) in [5, 5.41) is 57.6. The molecule has 19 nitrogen and oxygen atoms in total. The van der Waals surface area contributed by atoms with Gasteiger partial charge in [-0.05, 0) is 74.9 Å². The van der Waals surface area contributed by atoms with Gasteiger partial charge in [-0.3, -0.25) is 9.59 Å². The highest BCUT2D eigenvalue weighted by Crippen LogP contribution is 2.41. The van der Waals surface area contributed by atoms with Crippen molar-refractivity contribution in [2.24, 2.45) is 23.7 Å². The van der Waals surface area contributed by atoms with Crippen LogP contribution in [0.15, 0.2) is 0 Å². The third-order valence-corrected chi connectivity index (χ3v) is 11.8. The van der Waals surface area contributed by atoms with E-state index >= 15 is 0 Å². The Morgan fingerprint density at radius 2 is 1.42 bits per heavy atom. The van der Waals surface area contributed by atoms with Gasteiger partial charge in [0.05, 0.1) is 47.6 Å². The minimum absolute atomic E-state index is 0. The number of aliphatic hydroxyl groups excluding tert-OH is 3. The number of methoxy groups -OCH3 is 1. The van der Waals surface area contributed by atoms with E-state index in [-0.39, 0.29) is 36.9 Å². The van der Waals surface area contributed by atoms with Crippen LogP contribution in [-0.2, 0) is 42.6 Å². The summed E-state index contributed by atoms with van der Waals surface area (Å²) in [5.41, 5.74) is -4.84. The maximum atomic E-state index is 14.1. The first-order chi connectivity index (χ1) is 25.4. The van der Waals surface area contributed by atoms with Crippen molar-refractivity contribution in [3.05, 3.63) is 0 Å². The Morgan fingerprint density at radius 1 is 0.877 bits per heavy atom. The number of phosphoric acid groups is 1. The second-order valence-corrected chi connectivity index (χ2v) is 18.0. The molecule has 0 aromatic carbocycles. The third-order valence-electron chi connectivity index (χ3n) is 11.8. The molecule has 3 aliphatic heterocycles. The van der Waals surface area contributed by atoms with Gasteiger partial charge in [0.1, 0.15) is 29.7 Å². The fourth-order valence-corrected chi connectivity index (χ4v) is 8.41. The number of ketones is 1. The molecule has 0 spiro atoms. The number of rotatable bonds is 7. The van der Waals surface area contributed by atoms with Gasteiger partial charge in [-0.25, -0.2) is 4.57 Å². The smallest absolute Gasteiger partial charge is 0.459 e. The number of Topliss-reactive ketones (excluding diaryl/α,β-unsaturated/α-hetero) is 1. The maximum Gasteiger partial charge on any atom is 0.466 e. The van der Waals surface area contributed by atoms with Crippen LogP contribution in [0.4, 0.5) is 0 Å². The monoisotopic (exact) mass is 849 g/mol. The zero-order valence-electron chi connectivity index (χ0n) is 35.6. The quantitative estimate of drug-likeness (QED) is 0.124. The molecule has 0 aromatic rings. The summed E-state index contributed by atoms with van der Waals surface area (Å²) in [7, 11) is 0.537. The molecule has 0 aromatic heterocycles. The van der Waals surface area contributed by atoms with E-state index in [4.69, 9.17) is 47.7 Å². The number of esters is 1. The summed E-state index contributed by atoms with van der Waals surface area (Å²) in [6, 6.07) is -0.324. The molecule has 3 heterocycles. The Labute approximate surface area is 336 Å². The number of nitrogens with zero attached hydrogens (tertiary/aromatic N) is 1. The van der Waals surface area contributed by atoms with Gasteiger partial charge in [0.25, 0.3) is 0 Å². The standard InChI is InChI=1S/C37H67NO13.H3O4P.H2O/c1-14-25-37(10,45)30(41)20(4)27(39)18(2)16-35(8,44)32(51-34-28(40)24(38(11)12)15-19(3)47-34)21(5)29(22(6)33(43)49-25)50-26-17-36(9,46-13)31(42)23(7)48-26;1-5(2,3)4;/h18-26,28-32,34,40-42,44-45H,14-17H2,1-13H3;(H3,1,2,3,4);1H2/t18-,19-,20+,21+,22-,23+,24+,25-,26+,28-,29+,30-,31+,32-,34+,35-,36-,37-;;/m1../s1. The second kappa shape index (κ2) is 21.0. The predicted molar refractivity (Wildman–Crippen MR) is 204 cm³/mol. The summed E-state index contributed by atoms with van der Waals surface area (Å²) in [4.78, 5) is 51.3. The summed E-state index contributed by atoms with van der Waals surface area (Å²) < 4.78 is 45.9. The number of aliphatic hydroxyl groups is 5. The topological polar surface area (TPSA) is 303 Å². The van der Waals surface area contributed by atoms with E-state index in [0.29, 0.717) is 6.42 Å². The van der Waals surface area contributed by atoms with Gasteiger partial charge in [-0.2, -0.15) is 0 Å². The van der Waals surface area contributed by atoms with Gasteiger partial charge in [0.2, 0.25) is 0 Å². The van der Waals surface area contributed by atoms with E-state index in [1.807, 2.05) is 25.9 Å². The van der Waals surface area contributed by atoms with Gasteiger partial charge in [0, 0.05) is 37.3 Å². The molecular weight excluding hydrogens is 777 g/mol. The van der Waals surface area contributed by atoms with Crippen LogP contribution in [0, 0.1) is 23.7 Å². The lowest BCUT2D eigenvalue weighted by Crippen LogP contribution is -2.61. The first-order valence-electron chi connectivity index (χ1n) is 19.3. The number of cyclic esters (lactones) is 1. The van der Waals surface area contributed by atoms with Crippen LogP contribution in [0.2, 0.25) is 0 Å². The summed E-state index contributed by atoms with van der Waals surface area (Å²) in [6.45, 7) is 16.3. The van der Waals surface area contributed by atoms with Crippen LogP contribution < -0.4 is 0 Å². The number of carbonyl (C=O) groups is 2. The minimum atomic E-state index is -4.64. The van der Waals surface area contributed by atoms with Crippen LogP contribution in [0.3, 0.4) is 0 Å². The van der Waals surface area contributed by atoms with Gasteiger partial charge in [-0.15, -0.1) is 0 Å². The van der Waals surface area contributed by atoms with E-state index in [9.17, 15) is 35.1 Å². The van der Waals surface area contributed by atoms with Crippen LogP contribution >= 0.6 is 7.82 Å². The fourth-order valence-electron chi connectivity index (χ4n) is 8.41. The zero-order valence-corrected chi connectivity index (χ0v) is 36.5. The Bertz CT molecular complexity index is 1320. The molecule has 0 unspecified atom stereocenters. The first kappa shape index (κ1) is 53.8. The van der Waals surface area contributed by atoms with E-state index in [1.54, 1.807) is 41.5 Å². The van der Waals surface area contributed by atoms with Crippen molar-refractivity contribution >= 4 is 19.6 Å². The number of hydrogen-bond donors (Lipinski definition) is 8. The fraction of sp³-hybridized carbons (Fsp3) is 0.946. The molecule has 0 radical (unpaired) electrons. The van der Waals surface area contributed by atoms with Crippen molar-refractivity contribution in [1.29, 1.82) is 0 Å². The SMILES string of the molecule is CC[C@H]1OC(=O)[C@H](C)[C@@H](O[C@H]2C[C@@](C)(OC)[C@@H](O)[C@H](C)O2)[C@H](C)[C@@H](O[C@@H]2O[C@H](C)C[C@H](N(C)C)[C@H]2O)[C@](C)(O)C[C@@H](C)C(=O)[C@H](C)[C@@H](O)[C@]1(C)O.O.O=P(O)(O)O. The van der Waals surface area contributed by atoms with Crippen molar-refractivity contribution in [2.45, 2.75) is 179 Å². The van der Waals surface area contributed by atoms with Gasteiger partial charge < -0.3 is 79.0 Å². The van der Waals surface area contributed by atoms with E-state index < -0.39 is 115 Å². The molecule has 0 aliphatic carbocycles. The number of ether oxygens (including phenoxy) is 6. The lowest BCUT2D eigenvalue weighted by molar-refractivity contribution is -0.318. The normalized spacial score (nSPS) is 45.5. The number of likely N-dealkylation sites (N-methyl/N-ethyl adjacent to an activating group) is 1. The van der Waals surface area contributed by atoms with Crippen LogP contribution in [-0.4, -0.2) is 168 Å². The van der Waals surface area contributed by atoms with Crippen LogP contribution in [0.25, 0.3) is 0 Å². The molecular formula is C37H72NO18P. The van der Waals surface area contributed by atoms with Gasteiger partial charge in [0.15, 0.2) is 12.6 Å².